The maximum Gasteiger partial charge on any atom is 0.306 e. The largest absolute Gasteiger partial charge is 0.481 e. The van der Waals surface area contributed by atoms with Crippen molar-refractivity contribution < 1.29 is 15.0 Å². The summed E-state index contributed by atoms with van der Waals surface area (Å²) in [4.78, 5) is 11.3. The average Bonchev–Trinajstić information content (AvgIpc) is 2.80. The molecule has 104 valence electrons. The Balaban J connectivity index is 2.17. The van der Waals surface area contributed by atoms with E-state index in [1.54, 1.807) is 0 Å². The van der Waals surface area contributed by atoms with Crippen molar-refractivity contribution in [2.75, 3.05) is 0 Å². The molecule has 1 saturated carbocycles. The first-order valence-electron chi connectivity index (χ1n) is 7.02. The van der Waals surface area contributed by atoms with Gasteiger partial charge in [0.25, 0.3) is 0 Å². The van der Waals surface area contributed by atoms with E-state index in [9.17, 15) is 15.0 Å². The Morgan fingerprint density at radius 3 is 2.47 bits per heavy atom. The normalized spacial score (nSPS) is 28.3. The maximum atomic E-state index is 11.3. The van der Waals surface area contributed by atoms with Gasteiger partial charge in [-0.15, -0.1) is 0 Å². The van der Waals surface area contributed by atoms with Crippen molar-refractivity contribution in [3.8, 4) is 0 Å². The zero-order valence-corrected chi connectivity index (χ0v) is 11.5. The quantitative estimate of drug-likeness (QED) is 0.877. The van der Waals surface area contributed by atoms with Gasteiger partial charge in [-0.25, -0.2) is 0 Å². The predicted molar refractivity (Wildman–Crippen MR) is 73.8 cm³/mol. The van der Waals surface area contributed by atoms with Gasteiger partial charge < -0.3 is 10.2 Å². The van der Waals surface area contributed by atoms with E-state index in [0.29, 0.717) is 12.3 Å². The summed E-state index contributed by atoms with van der Waals surface area (Å²) in [5.74, 6) is -0.995. The number of hydrogen-bond donors (Lipinski definition) is 2. The fourth-order valence-electron chi connectivity index (χ4n) is 3.16. The first-order valence-corrected chi connectivity index (χ1v) is 7.02. The third-order valence-electron chi connectivity index (χ3n) is 4.30. The molecule has 0 bridgehead atoms. The van der Waals surface area contributed by atoms with Crippen LogP contribution in [0.25, 0.3) is 0 Å². The Morgan fingerprint density at radius 2 is 1.95 bits per heavy atom. The minimum atomic E-state index is -0.779. The van der Waals surface area contributed by atoms with Gasteiger partial charge in [-0.2, -0.15) is 0 Å². The maximum absolute atomic E-state index is 11.3. The second-order valence-corrected chi connectivity index (χ2v) is 5.73. The predicted octanol–water partition coefficient (Wildman–Crippen LogP) is 3.03. The van der Waals surface area contributed by atoms with E-state index < -0.39 is 18.0 Å². The number of aryl methyl sites for hydroxylation is 1. The van der Waals surface area contributed by atoms with Crippen molar-refractivity contribution in [3.05, 3.63) is 35.4 Å². The van der Waals surface area contributed by atoms with Gasteiger partial charge in [0.05, 0.1) is 12.0 Å². The molecule has 0 aliphatic heterocycles. The smallest absolute Gasteiger partial charge is 0.306 e. The SMILES string of the molecule is CCc1ccc(C(O)C2CC(C)CC2C(=O)O)cc1. The van der Waals surface area contributed by atoms with Crippen LogP contribution in [0.3, 0.4) is 0 Å². The monoisotopic (exact) mass is 262 g/mol. The molecule has 4 unspecified atom stereocenters. The number of carbonyl (C=O) groups is 1. The van der Waals surface area contributed by atoms with Crippen molar-refractivity contribution in [1.82, 2.24) is 0 Å². The Hall–Kier alpha value is -1.35. The molecule has 1 aliphatic rings. The van der Waals surface area contributed by atoms with Crippen molar-refractivity contribution in [2.24, 2.45) is 17.8 Å². The van der Waals surface area contributed by atoms with Crippen molar-refractivity contribution in [3.63, 3.8) is 0 Å². The molecular formula is C16H22O3. The van der Waals surface area contributed by atoms with Crippen molar-refractivity contribution in [2.45, 2.75) is 39.2 Å². The molecule has 1 aromatic rings. The number of aliphatic carboxylic acids is 1. The van der Waals surface area contributed by atoms with Gasteiger partial charge in [0.15, 0.2) is 0 Å². The zero-order valence-electron chi connectivity index (χ0n) is 11.5. The lowest BCUT2D eigenvalue weighted by atomic mass is 9.86. The number of rotatable bonds is 4. The molecule has 2 N–H and O–H groups in total. The van der Waals surface area contributed by atoms with E-state index in [1.165, 1.54) is 5.56 Å². The van der Waals surface area contributed by atoms with Gasteiger partial charge in [0.1, 0.15) is 0 Å². The van der Waals surface area contributed by atoms with Gasteiger partial charge in [0, 0.05) is 5.92 Å². The lowest BCUT2D eigenvalue weighted by molar-refractivity contribution is -0.144. The van der Waals surface area contributed by atoms with Gasteiger partial charge in [0.2, 0.25) is 0 Å². The Bertz CT molecular complexity index is 438. The molecule has 0 heterocycles. The van der Waals surface area contributed by atoms with Crippen LogP contribution in [0.1, 0.15) is 43.9 Å². The van der Waals surface area contributed by atoms with Crippen LogP contribution in [-0.2, 0) is 11.2 Å². The van der Waals surface area contributed by atoms with Crippen LogP contribution >= 0.6 is 0 Å². The molecule has 19 heavy (non-hydrogen) atoms. The Labute approximate surface area is 114 Å². The van der Waals surface area contributed by atoms with E-state index in [-0.39, 0.29) is 5.92 Å². The second-order valence-electron chi connectivity index (χ2n) is 5.73. The van der Waals surface area contributed by atoms with Crippen LogP contribution in [-0.4, -0.2) is 16.2 Å². The molecule has 4 atom stereocenters. The molecule has 0 aromatic heterocycles. The first kappa shape index (κ1) is 14.1. The highest BCUT2D eigenvalue weighted by molar-refractivity contribution is 5.71. The van der Waals surface area contributed by atoms with E-state index in [4.69, 9.17) is 0 Å². The van der Waals surface area contributed by atoms with Gasteiger partial charge >= 0.3 is 5.97 Å². The summed E-state index contributed by atoms with van der Waals surface area (Å²) in [6.45, 7) is 4.15. The highest BCUT2D eigenvalue weighted by Crippen LogP contribution is 2.43. The van der Waals surface area contributed by atoms with Crippen LogP contribution < -0.4 is 0 Å². The van der Waals surface area contributed by atoms with E-state index in [0.717, 1.165) is 18.4 Å². The number of aliphatic hydroxyl groups excluding tert-OH is 1. The lowest BCUT2D eigenvalue weighted by Crippen LogP contribution is -2.23. The van der Waals surface area contributed by atoms with Crippen LogP contribution in [0.4, 0.5) is 0 Å². The van der Waals surface area contributed by atoms with Gasteiger partial charge in [-0.05, 0) is 36.3 Å². The molecule has 2 rings (SSSR count). The minimum Gasteiger partial charge on any atom is -0.481 e. The highest BCUT2D eigenvalue weighted by Gasteiger charge is 2.41. The molecule has 0 spiro atoms. The zero-order chi connectivity index (χ0) is 14.0. The van der Waals surface area contributed by atoms with Crippen LogP contribution in [0.5, 0.6) is 0 Å². The number of benzene rings is 1. The summed E-state index contributed by atoms with van der Waals surface area (Å²) >= 11 is 0. The topological polar surface area (TPSA) is 57.5 Å². The number of carboxylic acids is 1. The molecule has 0 amide bonds. The number of aliphatic hydroxyl groups is 1. The average molecular weight is 262 g/mol. The summed E-state index contributed by atoms with van der Waals surface area (Å²) in [5, 5.41) is 19.7. The molecule has 1 aromatic carbocycles. The lowest BCUT2D eigenvalue weighted by Gasteiger charge is -2.22. The minimum absolute atomic E-state index is 0.167. The Kier molecular flexibility index (Phi) is 4.25. The van der Waals surface area contributed by atoms with E-state index >= 15 is 0 Å². The third-order valence-corrected chi connectivity index (χ3v) is 4.30. The molecule has 3 nitrogen and oxygen atoms in total. The van der Waals surface area contributed by atoms with Crippen molar-refractivity contribution in [1.29, 1.82) is 0 Å². The second kappa shape index (κ2) is 5.74. The fraction of sp³-hybridized carbons (Fsp3) is 0.562. The standard InChI is InChI=1S/C16H22O3/c1-3-11-4-6-12(7-5-11)15(17)13-8-10(2)9-14(13)16(18)19/h4-7,10,13-15,17H,3,8-9H2,1-2H3,(H,18,19). The summed E-state index contributed by atoms with van der Waals surface area (Å²) in [5.41, 5.74) is 2.06. The van der Waals surface area contributed by atoms with E-state index in [2.05, 4.69) is 13.8 Å². The third kappa shape index (κ3) is 2.98. The number of hydrogen-bond acceptors (Lipinski definition) is 2. The van der Waals surface area contributed by atoms with Crippen LogP contribution in [0.15, 0.2) is 24.3 Å². The highest BCUT2D eigenvalue weighted by atomic mass is 16.4. The molecule has 1 aliphatic carbocycles. The summed E-state index contributed by atoms with van der Waals surface area (Å²) in [6.07, 6.45) is 1.75. The van der Waals surface area contributed by atoms with E-state index in [1.807, 2.05) is 24.3 Å². The van der Waals surface area contributed by atoms with Crippen LogP contribution in [0.2, 0.25) is 0 Å². The van der Waals surface area contributed by atoms with Gasteiger partial charge in [-0.1, -0.05) is 38.1 Å². The summed E-state index contributed by atoms with van der Waals surface area (Å²) in [7, 11) is 0. The molecular weight excluding hydrogens is 240 g/mol. The Morgan fingerprint density at radius 1 is 1.32 bits per heavy atom. The molecule has 1 fully saturated rings. The first-order chi connectivity index (χ1) is 9.02. The molecule has 0 radical (unpaired) electrons. The molecule has 3 heteroatoms. The summed E-state index contributed by atoms with van der Waals surface area (Å²) < 4.78 is 0. The summed E-state index contributed by atoms with van der Waals surface area (Å²) in [6, 6.07) is 7.86. The molecule has 0 saturated heterocycles. The number of carboxylic acid groups (broad SMARTS) is 1. The van der Waals surface area contributed by atoms with Crippen LogP contribution in [0, 0.1) is 17.8 Å². The van der Waals surface area contributed by atoms with Gasteiger partial charge in [-0.3, -0.25) is 4.79 Å². The van der Waals surface area contributed by atoms with Crippen molar-refractivity contribution >= 4 is 5.97 Å². The fourth-order valence-corrected chi connectivity index (χ4v) is 3.16.